The van der Waals surface area contributed by atoms with Gasteiger partial charge >= 0.3 is 6.09 Å². The summed E-state index contributed by atoms with van der Waals surface area (Å²) >= 11 is 6.58. The van der Waals surface area contributed by atoms with Crippen molar-refractivity contribution in [3.8, 4) is 0 Å². The highest BCUT2D eigenvalue weighted by Gasteiger charge is 2.05. The molecule has 0 atom stereocenters. The van der Waals surface area contributed by atoms with E-state index in [2.05, 4.69) is 37.2 Å². The van der Waals surface area contributed by atoms with Crippen LogP contribution in [0.5, 0.6) is 0 Å². The van der Waals surface area contributed by atoms with Crippen LogP contribution in [0.15, 0.2) is 21.6 Å². The van der Waals surface area contributed by atoms with E-state index in [9.17, 15) is 4.79 Å². The summed E-state index contributed by atoms with van der Waals surface area (Å²) in [5, 5.41) is 11.0. The van der Waals surface area contributed by atoms with Crippen LogP contribution >= 0.6 is 31.9 Å². The van der Waals surface area contributed by atoms with Crippen molar-refractivity contribution in [3.05, 3.63) is 32.7 Å². The normalized spacial score (nSPS) is 10.6. The lowest BCUT2D eigenvalue weighted by Crippen LogP contribution is -2.08. The maximum Gasteiger partial charge on any atom is 0.409 e. The van der Waals surface area contributed by atoms with E-state index in [4.69, 9.17) is 5.11 Å². The van der Waals surface area contributed by atoms with E-state index in [1.165, 1.54) is 0 Å². The van der Waals surface area contributed by atoms with Crippen LogP contribution in [-0.4, -0.2) is 11.2 Å². The van der Waals surface area contributed by atoms with Gasteiger partial charge < -0.3 is 5.11 Å². The Morgan fingerprint density at radius 2 is 2.20 bits per heavy atom. The second-order valence-electron chi connectivity index (χ2n) is 2.91. The van der Waals surface area contributed by atoms with Gasteiger partial charge in [-0.1, -0.05) is 31.9 Å². The largest absolute Gasteiger partial charge is 0.465 e. The van der Waals surface area contributed by atoms with Crippen LogP contribution in [-0.2, 0) is 0 Å². The van der Waals surface area contributed by atoms with Crippen LogP contribution in [0.25, 0.3) is 6.08 Å². The number of halogens is 2. The number of rotatable bonds is 2. The Morgan fingerprint density at radius 1 is 1.53 bits per heavy atom. The number of hydrogen-bond donors (Lipinski definition) is 2. The molecule has 80 valence electrons. The molecule has 0 aliphatic heterocycles. The second kappa shape index (κ2) is 5.32. The third-order valence-electron chi connectivity index (χ3n) is 1.83. The van der Waals surface area contributed by atoms with E-state index in [1.807, 2.05) is 19.1 Å². The highest BCUT2D eigenvalue weighted by atomic mass is 79.9. The lowest BCUT2D eigenvalue weighted by Gasteiger charge is -2.08. The summed E-state index contributed by atoms with van der Waals surface area (Å²) in [5.74, 6) is 0. The molecule has 1 amide bonds. The lowest BCUT2D eigenvalue weighted by molar-refractivity contribution is 0.209. The van der Waals surface area contributed by atoms with Crippen LogP contribution in [0, 0.1) is 6.92 Å². The Labute approximate surface area is 104 Å². The van der Waals surface area contributed by atoms with Gasteiger partial charge in [-0.2, -0.15) is 0 Å². The number of aryl methyl sites for hydroxylation is 1. The molecule has 15 heavy (non-hydrogen) atoms. The van der Waals surface area contributed by atoms with Gasteiger partial charge in [0.15, 0.2) is 0 Å². The topological polar surface area (TPSA) is 49.3 Å². The fourth-order valence-corrected chi connectivity index (χ4v) is 2.01. The van der Waals surface area contributed by atoms with Crippen molar-refractivity contribution in [2.45, 2.75) is 6.92 Å². The molecule has 0 fully saturated rings. The number of benzene rings is 1. The molecule has 0 aliphatic rings. The third kappa shape index (κ3) is 3.35. The Morgan fingerprint density at radius 3 is 2.73 bits per heavy atom. The predicted octanol–water partition coefficient (Wildman–Crippen LogP) is 4.21. The van der Waals surface area contributed by atoms with Gasteiger partial charge in [0.05, 0.1) is 0 Å². The van der Waals surface area contributed by atoms with E-state index in [-0.39, 0.29) is 0 Å². The van der Waals surface area contributed by atoms with E-state index in [0.29, 0.717) is 5.69 Å². The summed E-state index contributed by atoms with van der Waals surface area (Å²) in [7, 11) is 0. The molecule has 0 radical (unpaired) electrons. The zero-order chi connectivity index (χ0) is 11.4. The number of amides is 1. The Kier molecular flexibility index (Phi) is 4.35. The maximum atomic E-state index is 10.5. The number of carboxylic acid groups (broad SMARTS) is 1. The monoisotopic (exact) mass is 333 g/mol. The molecular weight excluding hydrogens is 326 g/mol. The minimum absolute atomic E-state index is 0.589. The predicted molar refractivity (Wildman–Crippen MR) is 68.5 cm³/mol. The van der Waals surface area contributed by atoms with Gasteiger partial charge in [-0.3, -0.25) is 5.32 Å². The summed E-state index contributed by atoms with van der Waals surface area (Å²) in [5.41, 5.74) is 2.36. The van der Waals surface area contributed by atoms with E-state index < -0.39 is 6.09 Å². The number of hydrogen-bond acceptors (Lipinski definition) is 1. The molecule has 0 unspecified atom stereocenters. The minimum atomic E-state index is -1.06. The van der Waals surface area contributed by atoms with Crippen LogP contribution < -0.4 is 5.32 Å². The van der Waals surface area contributed by atoms with Gasteiger partial charge in [-0.25, -0.2) is 4.79 Å². The third-order valence-corrected chi connectivity index (χ3v) is 2.78. The molecule has 0 bridgehead atoms. The van der Waals surface area contributed by atoms with Gasteiger partial charge in [0.1, 0.15) is 0 Å². The molecule has 1 aromatic rings. The standard InChI is InChI=1S/C10H9Br2NO2/c1-6-4-8(12)7(2-3-11)5-9(6)13-10(14)15/h2-5,13H,1H3,(H,14,15)/b3-2+. The fraction of sp³-hybridized carbons (Fsp3) is 0.100. The summed E-state index contributed by atoms with van der Waals surface area (Å²) in [4.78, 5) is 12.2. The maximum absolute atomic E-state index is 10.5. The van der Waals surface area contributed by atoms with Crippen molar-refractivity contribution in [1.29, 1.82) is 0 Å². The molecule has 5 heteroatoms. The zero-order valence-corrected chi connectivity index (χ0v) is 11.1. The summed E-state index contributed by atoms with van der Waals surface area (Å²) in [6.07, 6.45) is 0.769. The van der Waals surface area contributed by atoms with E-state index in [0.717, 1.165) is 15.6 Å². The SMILES string of the molecule is Cc1cc(Br)c(/C=C/Br)cc1NC(=O)O. The zero-order valence-electron chi connectivity index (χ0n) is 7.92. The molecule has 3 nitrogen and oxygen atoms in total. The molecule has 1 rings (SSSR count). The van der Waals surface area contributed by atoms with Crippen molar-refractivity contribution in [1.82, 2.24) is 0 Å². The van der Waals surface area contributed by atoms with Crippen LogP contribution in [0.2, 0.25) is 0 Å². The molecular formula is C10H9Br2NO2. The minimum Gasteiger partial charge on any atom is -0.465 e. The number of anilines is 1. The van der Waals surface area contributed by atoms with Crippen molar-refractivity contribution >= 4 is 49.7 Å². The summed E-state index contributed by atoms with van der Waals surface area (Å²) in [6.45, 7) is 1.84. The van der Waals surface area contributed by atoms with Crippen LogP contribution in [0.3, 0.4) is 0 Å². The van der Waals surface area contributed by atoms with Crippen LogP contribution in [0.1, 0.15) is 11.1 Å². The first-order valence-electron chi connectivity index (χ1n) is 4.11. The Balaban J connectivity index is 3.16. The molecule has 0 heterocycles. The highest BCUT2D eigenvalue weighted by molar-refractivity contribution is 9.11. The molecule has 2 N–H and O–H groups in total. The number of nitrogens with one attached hydrogen (secondary N) is 1. The van der Waals surface area contributed by atoms with E-state index >= 15 is 0 Å². The Hall–Kier alpha value is -0.810. The molecule has 1 aromatic carbocycles. The average molecular weight is 335 g/mol. The van der Waals surface area contributed by atoms with Gasteiger partial charge in [-0.05, 0) is 41.2 Å². The molecule has 0 saturated carbocycles. The Bertz CT molecular complexity index is 416. The fourth-order valence-electron chi connectivity index (χ4n) is 1.13. The van der Waals surface area contributed by atoms with Crippen molar-refractivity contribution in [2.75, 3.05) is 5.32 Å². The smallest absolute Gasteiger partial charge is 0.409 e. The lowest BCUT2D eigenvalue weighted by atomic mass is 10.1. The van der Waals surface area contributed by atoms with Crippen LogP contribution in [0.4, 0.5) is 10.5 Å². The summed E-state index contributed by atoms with van der Waals surface area (Å²) < 4.78 is 0.923. The van der Waals surface area contributed by atoms with Crippen molar-refractivity contribution in [3.63, 3.8) is 0 Å². The first kappa shape index (κ1) is 12.3. The summed E-state index contributed by atoms with van der Waals surface area (Å²) in [6, 6.07) is 3.64. The molecule has 0 aliphatic carbocycles. The van der Waals surface area contributed by atoms with Crippen molar-refractivity contribution < 1.29 is 9.90 Å². The van der Waals surface area contributed by atoms with Crippen molar-refractivity contribution in [2.24, 2.45) is 0 Å². The van der Waals surface area contributed by atoms with Gasteiger partial charge in [-0.15, -0.1) is 0 Å². The first-order valence-corrected chi connectivity index (χ1v) is 5.82. The van der Waals surface area contributed by atoms with E-state index in [1.54, 1.807) is 11.1 Å². The van der Waals surface area contributed by atoms with Gasteiger partial charge in [0.2, 0.25) is 0 Å². The van der Waals surface area contributed by atoms with Gasteiger partial charge in [0, 0.05) is 10.2 Å². The second-order valence-corrected chi connectivity index (χ2v) is 4.29. The number of carbonyl (C=O) groups is 1. The molecule has 0 spiro atoms. The first-order chi connectivity index (χ1) is 7.04. The molecule has 0 aromatic heterocycles. The highest BCUT2D eigenvalue weighted by Crippen LogP contribution is 2.26. The quantitative estimate of drug-likeness (QED) is 0.851. The van der Waals surface area contributed by atoms with Gasteiger partial charge in [0.25, 0.3) is 0 Å². The molecule has 0 saturated heterocycles. The average Bonchev–Trinajstić information content (AvgIpc) is 2.12.